The molecule has 1 heterocycles. The van der Waals surface area contributed by atoms with E-state index in [-0.39, 0.29) is 24.6 Å². The van der Waals surface area contributed by atoms with E-state index in [1.165, 1.54) is 0 Å². The zero-order valence-corrected chi connectivity index (χ0v) is 16.0. The van der Waals surface area contributed by atoms with E-state index in [2.05, 4.69) is 16.0 Å². The smallest absolute Gasteiger partial charge is 0.315 e. The number of hydrogen-bond donors (Lipinski definition) is 3. The molecule has 0 saturated carbocycles. The van der Waals surface area contributed by atoms with Gasteiger partial charge in [0.15, 0.2) is 11.5 Å². The van der Waals surface area contributed by atoms with Gasteiger partial charge in [0.2, 0.25) is 12.7 Å². The number of hydrogen-bond acceptors (Lipinski definition) is 4. The minimum Gasteiger partial charge on any atom is -0.454 e. The highest BCUT2D eigenvalue weighted by atomic mass is 16.7. The molecule has 3 amide bonds. The van der Waals surface area contributed by atoms with Crippen LogP contribution < -0.4 is 25.4 Å². The second kappa shape index (κ2) is 9.12. The van der Waals surface area contributed by atoms with Gasteiger partial charge in [-0.1, -0.05) is 50.2 Å². The van der Waals surface area contributed by atoms with Crippen LogP contribution in [0.15, 0.2) is 48.5 Å². The Labute approximate surface area is 164 Å². The van der Waals surface area contributed by atoms with Gasteiger partial charge in [-0.05, 0) is 29.2 Å². The summed E-state index contributed by atoms with van der Waals surface area (Å²) >= 11 is 0. The lowest BCUT2D eigenvalue weighted by Crippen LogP contribution is -2.52. The van der Waals surface area contributed by atoms with E-state index in [4.69, 9.17) is 9.47 Å². The summed E-state index contributed by atoms with van der Waals surface area (Å²) in [4.78, 5) is 24.8. The first-order valence-corrected chi connectivity index (χ1v) is 9.27. The number of carbonyl (C=O) groups excluding carboxylic acids is 2. The number of amides is 3. The molecule has 7 nitrogen and oxygen atoms in total. The van der Waals surface area contributed by atoms with Crippen LogP contribution in [-0.4, -0.2) is 24.8 Å². The van der Waals surface area contributed by atoms with Crippen LogP contribution in [-0.2, 0) is 17.9 Å². The van der Waals surface area contributed by atoms with Gasteiger partial charge < -0.3 is 25.4 Å². The van der Waals surface area contributed by atoms with E-state index >= 15 is 0 Å². The summed E-state index contributed by atoms with van der Waals surface area (Å²) in [5, 5.41) is 8.41. The Morgan fingerprint density at radius 1 is 0.929 bits per heavy atom. The van der Waals surface area contributed by atoms with Gasteiger partial charge in [-0.3, -0.25) is 4.79 Å². The average Bonchev–Trinajstić information content (AvgIpc) is 3.17. The molecule has 2 aromatic carbocycles. The summed E-state index contributed by atoms with van der Waals surface area (Å²) < 4.78 is 10.6. The minimum atomic E-state index is -0.634. The van der Waals surface area contributed by atoms with Crippen LogP contribution in [0, 0.1) is 5.92 Å². The highest BCUT2D eigenvalue weighted by molar-refractivity contribution is 5.87. The summed E-state index contributed by atoms with van der Waals surface area (Å²) in [5.41, 5.74) is 1.89. The second-order valence-corrected chi connectivity index (χ2v) is 6.94. The van der Waals surface area contributed by atoms with Crippen molar-refractivity contribution in [1.29, 1.82) is 0 Å². The van der Waals surface area contributed by atoms with Crippen molar-refractivity contribution in [3.05, 3.63) is 59.7 Å². The molecule has 0 spiro atoms. The number of urea groups is 1. The van der Waals surface area contributed by atoms with Gasteiger partial charge in [0.1, 0.15) is 6.04 Å². The molecule has 1 aliphatic rings. The van der Waals surface area contributed by atoms with Gasteiger partial charge in [0.25, 0.3) is 0 Å². The molecule has 1 aliphatic heterocycles. The zero-order valence-electron chi connectivity index (χ0n) is 16.0. The molecule has 0 aliphatic carbocycles. The number of ether oxygens (including phenoxy) is 2. The standard InChI is InChI=1S/C21H25N3O4/c1-14(2)19(24-21(26)23-11-15-6-4-3-5-7-15)20(25)22-12-16-8-9-17-18(10-16)28-13-27-17/h3-10,14,19H,11-13H2,1-2H3,(H,22,25)(H2,23,24,26). The Balaban J connectivity index is 1.51. The van der Waals surface area contributed by atoms with Crippen LogP contribution in [0.3, 0.4) is 0 Å². The summed E-state index contributed by atoms with van der Waals surface area (Å²) in [5.74, 6) is 1.08. The number of carbonyl (C=O) groups is 2. The maximum absolute atomic E-state index is 12.6. The van der Waals surface area contributed by atoms with Crippen LogP contribution in [0.1, 0.15) is 25.0 Å². The quantitative estimate of drug-likeness (QED) is 0.686. The highest BCUT2D eigenvalue weighted by Gasteiger charge is 2.24. The van der Waals surface area contributed by atoms with Crippen LogP contribution >= 0.6 is 0 Å². The maximum Gasteiger partial charge on any atom is 0.315 e. The molecule has 1 unspecified atom stereocenters. The predicted octanol–water partition coefficient (Wildman–Crippen LogP) is 2.56. The van der Waals surface area contributed by atoms with Crippen molar-refractivity contribution in [1.82, 2.24) is 16.0 Å². The monoisotopic (exact) mass is 383 g/mol. The van der Waals surface area contributed by atoms with E-state index in [1.807, 2.05) is 62.4 Å². The topological polar surface area (TPSA) is 88.7 Å². The third-order valence-electron chi connectivity index (χ3n) is 4.44. The fourth-order valence-corrected chi connectivity index (χ4v) is 2.86. The van der Waals surface area contributed by atoms with Crippen molar-refractivity contribution in [3.63, 3.8) is 0 Å². The molecular weight excluding hydrogens is 358 g/mol. The molecule has 0 bridgehead atoms. The van der Waals surface area contributed by atoms with Gasteiger partial charge in [-0.15, -0.1) is 0 Å². The molecule has 0 fully saturated rings. The molecule has 0 radical (unpaired) electrons. The first-order valence-electron chi connectivity index (χ1n) is 9.27. The fraction of sp³-hybridized carbons (Fsp3) is 0.333. The van der Waals surface area contributed by atoms with Crippen LogP contribution in [0.2, 0.25) is 0 Å². The molecule has 1 atom stereocenters. The van der Waals surface area contributed by atoms with Crippen LogP contribution in [0.4, 0.5) is 4.79 Å². The molecule has 2 aromatic rings. The number of nitrogens with one attached hydrogen (secondary N) is 3. The van der Waals surface area contributed by atoms with Gasteiger partial charge in [0.05, 0.1) is 0 Å². The lowest BCUT2D eigenvalue weighted by molar-refractivity contribution is -0.124. The lowest BCUT2D eigenvalue weighted by Gasteiger charge is -2.22. The average molecular weight is 383 g/mol. The highest BCUT2D eigenvalue weighted by Crippen LogP contribution is 2.32. The Hall–Kier alpha value is -3.22. The lowest BCUT2D eigenvalue weighted by atomic mass is 10.0. The summed E-state index contributed by atoms with van der Waals surface area (Å²) in [6.07, 6.45) is 0. The number of benzene rings is 2. The molecular formula is C21H25N3O4. The molecule has 0 saturated heterocycles. The van der Waals surface area contributed by atoms with E-state index in [9.17, 15) is 9.59 Å². The molecule has 28 heavy (non-hydrogen) atoms. The first-order chi connectivity index (χ1) is 13.5. The summed E-state index contributed by atoms with van der Waals surface area (Å²) in [7, 11) is 0. The van der Waals surface area contributed by atoms with E-state index in [1.54, 1.807) is 0 Å². The van der Waals surface area contributed by atoms with Crippen molar-refractivity contribution in [3.8, 4) is 11.5 Å². The number of fused-ring (bicyclic) bond motifs is 1. The predicted molar refractivity (Wildman–Crippen MR) is 105 cm³/mol. The van der Waals surface area contributed by atoms with Crippen molar-refractivity contribution in [2.45, 2.75) is 33.0 Å². The fourth-order valence-electron chi connectivity index (χ4n) is 2.86. The van der Waals surface area contributed by atoms with Gasteiger partial charge >= 0.3 is 6.03 Å². The van der Waals surface area contributed by atoms with Crippen molar-refractivity contribution in [2.24, 2.45) is 5.92 Å². The first kappa shape index (κ1) is 19.5. The van der Waals surface area contributed by atoms with Gasteiger partial charge in [-0.2, -0.15) is 0 Å². The van der Waals surface area contributed by atoms with Gasteiger partial charge in [0, 0.05) is 13.1 Å². The second-order valence-electron chi connectivity index (χ2n) is 6.94. The number of rotatable bonds is 7. The Bertz CT molecular complexity index is 824. The summed E-state index contributed by atoms with van der Waals surface area (Å²) in [6, 6.07) is 14.1. The molecule has 148 valence electrons. The third kappa shape index (κ3) is 5.16. The third-order valence-corrected chi connectivity index (χ3v) is 4.44. The Kier molecular flexibility index (Phi) is 6.37. The van der Waals surface area contributed by atoms with Gasteiger partial charge in [-0.25, -0.2) is 4.79 Å². The Morgan fingerprint density at radius 2 is 1.64 bits per heavy atom. The van der Waals surface area contributed by atoms with Crippen molar-refractivity contribution < 1.29 is 19.1 Å². The molecule has 3 N–H and O–H groups in total. The van der Waals surface area contributed by atoms with Crippen molar-refractivity contribution >= 4 is 11.9 Å². The van der Waals surface area contributed by atoms with Crippen LogP contribution in [0.5, 0.6) is 11.5 Å². The SMILES string of the molecule is CC(C)C(NC(=O)NCc1ccccc1)C(=O)NCc1ccc2c(c1)OCO2. The molecule has 3 rings (SSSR count). The normalized spacial score (nSPS) is 13.1. The maximum atomic E-state index is 12.6. The molecule has 0 aromatic heterocycles. The largest absolute Gasteiger partial charge is 0.454 e. The zero-order chi connectivity index (χ0) is 19.9. The van der Waals surface area contributed by atoms with Crippen molar-refractivity contribution in [2.75, 3.05) is 6.79 Å². The molecule has 7 heteroatoms. The van der Waals surface area contributed by atoms with Crippen LogP contribution in [0.25, 0.3) is 0 Å². The van der Waals surface area contributed by atoms with E-state index in [0.29, 0.717) is 24.6 Å². The van der Waals surface area contributed by atoms with E-state index < -0.39 is 6.04 Å². The van der Waals surface area contributed by atoms with E-state index in [0.717, 1.165) is 11.1 Å². The summed E-state index contributed by atoms with van der Waals surface area (Å²) in [6.45, 7) is 4.73. The minimum absolute atomic E-state index is 0.0563. The Morgan fingerprint density at radius 3 is 2.39 bits per heavy atom.